The molecule has 3 heteroatoms. The number of rotatable bonds is 3. The van der Waals surface area contributed by atoms with Crippen molar-refractivity contribution >= 4 is 6.29 Å². The van der Waals surface area contributed by atoms with Crippen LogP contribution in [0.5, 0.6) is 5.75 Å². The van der Waals surface area contributed by atoms with E-state index in [1.54, 1.807) is 12.1 Å². The van der Waals surface area contributed by atoms with E-state index in [1.807, 2.05) is 26.0 Å². The van der Waals surface area contributed by atoms with Crippen LogP contribution in [0, 0.1) is 19.7 Å². The fraction of sp³-hybridized carbons (Fsp3) is 0.188. The maximum Gasteiger partial charge on any atom is 0.150 e. The van der Waals surface area contributed by atoms with Crippen molar-refractivity contribution < 1.29 is 13.9 Å². The third kappa shape index (κ3) is 2.50. The van der Waals surface area contributed by atoms with Crippen LogP contribution in [-0.2, 0) is 0 Å². The summed E-state index contributed by atoms with van der Waals surface area (Å²) in [7, 11) is 1.50. The molecule has 98 valence electrons. The smallest absolute Gasteiger partial charge is 0.150 e. The molecule has 0 fully saturated rings. The highest BCUT2D eigenvalue weighted by atomic mass is 19.1. The Morgan fingerprint density at radius 3 is 2.21 bits per heavy atom. The van der Waals surface area contributed by atoms with Gasteiger partial charge in [-0.2, -0.15) is 0 Å². The number of carbonyl (C=O) groups is 1. The number of hydrogen-bond acceptors (Lipinski definition) is 2. The summed E-state index contributed by atoms with van der Waals surface area (Å²) >= 11 is 0. The second-order valence-corrected chi connectivity index (χ2v) is 4.49. The third-order valence-electron chi connectivity index (χ3n) is 3.20. The van der Waals surface area contributed by atoms with E-state index in [1.165, 1.54) is 13.2 Å². The fourth-order valence-corrected chi connectivity index (χ4v) is 2.17. The second kappa shape index (κ2) is 5.22. The normalized spacial score (nSPS) is 10.3. The molecule has 0 aliphatic heterocycles. The van der Waals surface area contributed by atoms with Gasteiger partial charge in [-0.3, -0.25) is 4.79 Å². The highest BCUT2D eigenvalue weighted by molar-refractivity contribution is 5.82. The number of aryl methyl sites for hydroxylation is 2. The van der Waals surface area contributed by atoms with Crippen LogP contribution in [0.2, 0.25) is 0 Å². The number of ether oxygens (including phenoxy) is 1. The van der Waals surface area contributed by atoms with Gasteiger partial charge in [-0.1, -0.05) is 12.1 Å². The van der Waals surface area contributed by atoms with E-state index < -0.39 is 0 Å². The van der Waals surface area contributed by atoms with Gasteiger partial charge < -0.3 is 4.74 Å². The van der Waals surface area contributed by atoms with Gasteiger partial charge in [0.2, 0.25) is 0 Å². The molecule has 0 radical (unpaired) electrons. The first kappa shape index (κ1) is 13.3. The van der Waals surface area contributed by atoms with Gasteiger partial charge >= 0.3 is 0 Å². The van der Waals surface area contributed by atoms with Crippen molar-refractivity contribution in [1.82, 2.24) is 0 Å². The van der Waals surface area contributed by atoms with Crippen LogP contribution >= 0.6 is 0 Å². The number of methoxy groups -OCH3 is 1. The molecule has 0 aliphatic carbocycles. The summed E-state index contributed by atoms with van der Waals surface area (Å²) in [6.45, 7) is 3.70. The number of halogens is 1. The molecule has 0 bridgehead atoms. The summed E-state index contributed by atoms with van der Waals surface area (Å²) < 4.78 is 19.0. The standard InChI is InChI=1S/C16H15FO2/c1-10-6-12(7-11(2)15(10)9-18)14-5-4-13(19-3)8-16(14)17/h4-9H,1-3H3. The zero-order valence-electron chi connectivity index (χ0n) is 11.2. The summed E-state index contributed by atoms with van der Waals surface area (Å²) in [4.78, 5) is 11.0. The monoisotopic (exact) mass is 258 g/mol. The molecular formula is C16H15FO2. The van der Waals surface area contributed by atoms with Crippen LogP contribution in [-0.4, -0.2) is 13.4 Å². The molecule has 0 unspecified atom stereocenters. The summed E-state index contributed by atoms with van der Waals surface area (Å²) in [5.74, 6) is 0.149. The minimum absolute atomic E-state index is 0.336. The van der Waals surface area contributed by atoms with Crippen molar-refractivity contribution in [2.75, 3.05) is 7.11 Å². The predicted octanol–water partition coefficient (Wildman–Crippen LogP) is 3.93. The molecule has 0 amide bonds. The van der Waals surface area contributed by atoms with Gasteiger partial charge in [0.1, 0.15) is 11.6 Å². The van der Waals surface area contributed by atoms with Crippen molar-refractivity contribution in [3.63, 3.8) is 0 Å². The van der Waals surface area contributed by atoms with Crippen LogP contribution < -0.4 is 4.74 Å². The molecule has 2 nitrogen and oxygen atoms in total. The first-order valence-corrected chi connectivity index (χ1v) is 5.97. The van der Waals surface area contributed by atoms with Crippen molar-refractivity contribution in [3.05, 3.63) is 52.8 Å². The van der Waals surface area contributed by atoms with E-state index in [-0.39, 0.29) is 5.82 Å². The minimum atomic E-state index is -0.336. The Bertz CT molecular complexity index is 610. The first-order valence-electron chi connectivity index (χ1n) is 5.97. The topological polar surface area (TPSA) is 26.3 Å². The average molecular weight is 258 g/mol. The van der Waals surface area contributed by atoms with Crippen molar-refractivity contribution in [2.45, 2.75) is 13.8 Å². The van der Waals surface area contributed by atoms with Crippen LogP contribution in [0.4, 0.5) is 4.39 Å². The second-order valence-electron chi connectivity index (χ2n) is 4.49. The van der Waals surface area contributed by atoms with Crippen molar-refractivity contribution in [1.29, 1.82) is 0 Å². The molecule has 0 N–H and O–H groups in total. The lowest BCUT2D eigenvalue weighted by Gasteiger charge is -2.10. The molecular weight excluding hydrogens is 243 g/mol. The Hall–Kier alpha value is -2.16. The minimum Gasteiger partial charge on any atom is -0.497 e. The van der Waals surface area contributed by atoms with E-state index >= 15 is 0 Å². The molecule has 2 aromatic rings. The Balaban J connectivity index is 2.56. The van der Waals surface area contributed by atoms with Gasteiger partial charge in [0.25, 0.3) is 0 Å². The Morgan fingerprint density at radius 1 is 1.11 bits per heavy atom. The highest BCUT2D eigenvalue weighted by Crippen LogP contribution is 2.29. The SMILES string of the molecule is COc1ccc(-c2cc(C)c(C=O)c(C)c2)c(F)c1. The van der Waals surface area contributed by atoms with Crippen molar-refractivity contribution in [3.8, 4) is 16.9 Å². The largest absolute Gasteiger partial charge is 0.497 e. The zero-order chi connectivity index (χ0) is 14.0. The van der Waals surface area contributed by atoms with E-state index in [0.29, 0.717) is 16.9 Å². The molecule has 0 atom stereocenters. The van der Waals surface area contributed by atoms with Gasteiger partial charge in [-0.25, -0.2) is 4.39 Å². The zero-order valence-corrected chi connectivity index (χ0v) is 11.2. The molecule has 2 aromatic carbocycles. The van der Waals surface area contributed by atoms with E-state index in [9.17, 15) is 9.18 Å². The van der Waals surface area contributed by atoms with Crippen molar-refractivity contribution in [2.24, 2.45) is 0 Å². The molecule has 0 saturated heterocycles. The van der Waals surface area contributed by atoms with Crippen LogP contribution in [0.1, 0.15) is 21.5 Å². The maximum absolute atomic E-state index is 14.0. The number of carbonyl (C=O) groups excluding carboxylic acids is 1. The average Bonchev–Trinajstić information content (AvgIpc) is 2.38. The van der Waals surface area contributed by atoms with E-state index in [4.69, 9.17) is 4.74 Å². The summed E-state index contributed by atoms with van der Waals surface area (Å²) in [6, 6.07) is 8.40. The number of hydrogen-bond donors (Lipinski definition) is 0. The van der Waals surface area contributed by atoms with Crippen LogP contribution in [0.3, 0.4) is 0 Å². The third-order valence-corrected chi connectivity index (χ3v) is 3.20. The lowest BCUT2D eigenvalue weighted by atomic mass is 9.96. The quantitative estimate of drug-likeness (QED) is 0.780. The molecule has 0 saturated carbocycles. The highest BCUT2D eigenvalue weighted by Gasteiger charge is 2.10. The number of aldehydes is 1. The Kier molecular flexibility index (Phi) is 3.65. The molecule has 2 rings (SSSR count). The lowest BCUT2D eigenvalue weighted by Crippen LogP contribution is -1.94. The van der Waals surface area contributed by atoms with Crippen LogP contribution in [0.25, 0.3) is 11.1 Å². The molecule has 19 heavy (non-hydrogen) atoms. The van der Waals surface area contributed by atoms with Gasteiger partial charge in [0.05, 0.1) is 7.11 Å². The first-order chi connectivity index (χ1) is 9.06. The Morgan fingerprint density at radius 2 is 1.74 bits per heavy atom. The molecule has 0 spiro atoms. The van der Waals surface area contributed by atoms with E-state index in [2.05, 4.69) is 0 Å². The van der Waals surface area contributed by atoms with Gasteiger partial charge in [0, 0.05) is 17.2 Å². The predicted molar refractivity (Wildman–Crippen MR) is 73.2 cm³/mol. The summed E-state index contributed by atoms with van der Waals surface area (Å²) in [6.07, 6.45) is 0.832. The van der Waals surface area contributed by atoms with Gasteiger partial charge in [-0.05, 0) is 42.7 Å². The molecule has 0 aliphatic rings. The number of benzene rings is 2. The summed E-state index contributed by atoms with van der Waals surface area (Å²) in [5.41, 5.74) is 3.63. The van der Waals surface area contributed by atoms with Gasteiger partial charge in [-0.15, -0.1) is 0 Å². The molecule has 0 aromatic heterocycles. The Labute approximate surface area is 111 Å². The molecule has 0 heterocycles. The summed E-state index contributed by atoms with van der Waals surface area (Å²) in [5, 5.41) is 0. The fourth-order valence-electron chi connectivity index (χ4n) is 2.17. The van der Waals surface area contributed by atoms with Crippen LogP contribution in [0.15, 0.2) is 30.3 Å². The maximum atomic E-state index is 14.0. The lowest BCUT2D eigenvalue weighted by molar-refractivity contribution is 0.112. The van der Waals surface area contributed by atoms with E-state index in [0.717, 1.165) is 23.0 Å². The van der Waals surface area contributed by atoms with Gasteiger partial charge in [0.15, 0.2) is 6.29 Å².